The minimum atomic E-state index is -0.608. The minimum absolute atomic E-state index is 0.0561. The molecule has 0 spiro atoms. The van der Waals surface area contributed by atoms with Gasteiger partial charge in [-0.1, -0.05) is 12.8 Å². The van der Waals surface area contributed by atoms with Crippen LogP contribution in [0.1, 0.15) is 43.0 Å². The fraction of sp³-hybridized carbons (Fsp3) is 0.333. The molecule has 2 aromatic rings. The fourth-order valence-corrected chi connectivity index (χ4v) is 3.24. The summed E-state index contributed by atoms with van der Waals surface area (Å²) in [6.45, 7) is 1.79. The van der Waals surface area contributed by atoms with Crippen molar-refractivity contribution in [2.24, 2.45) is 22.2 Å². The number of rotatable bonds is 7. The maximum Gasteiger partial charge on any atom is 0.254 e. The van der Waals surface area contributed by atoms with Gasteiger partial charge < -0.3 is 27.8 Å². The van der Waals surface area contributed by atoms with Gasteiger partial charge in [0.1, 0.15) is 11.4 Å². The summed E-state index contributed by atoms with van der Waals surface area (Å²) in [6, 6.07) is 7.51. The van der Waals surface area contributed by atoms with Crippen LogP contribution in [-0.4, -0.2) is 34.2 Å². The van der Waals surface area contributed by atoms with Crippen LogP contribution in [0.25, 0.3) is 0 Å². The number of hydrogen-bond acceptors (Lipinski definition) is 8. The molecule has 1 fully saturated rings. The number of benzene rings is 1. The van der Waals surface area contributed by atoms with Crippen LogP contribution in [0.5, 0.6) is 0 Å². The number of primary amides is 1. The predicted molar refractivity (Wildman–Crippen MR) is 120 cm³/mol. The Bertz CT molecular complexity index is 935. The number of carbonyl (C=O) groups is 1. The highest BCUT2D eigenvalue weighted by molar-refractivity contribution is 5.98. The summed E-state index contributed by atoms with van der Waals surface area (Å²) < 4.78 is 0. The van der Waals surface area contributed by atoms with Gasteiger partial charge in [-0.05, 0) is 50.1 Å². The van der Waals surface area contributed by atoms with Crippen molar-refractivity contribution in [2.45, 2.75) is 44.7 Å². The molecule has 0 radical (unpaired) electrons. The lowest BCUT2D eigenvalue weighted by atomic mass is 9.91. The van der Waals surface area contributed by atoms with Crippen LogP contribution in [0.15, 0.2) is 47.2 Å². The molecule has 1 aliphatic carbocycles. The molecule has 30 heavy (non-hydrogen) atoms. The molecule has 9 nitrogen and oxygen atoms in total. The van der Waals surface area contributed by atoms with Crippen LogP contribution in [0.4, 0.5) is 23.1 Å². The lowest BCUT2D eigenvalue weighted by Crippen LogP contribution is -2.43. The van der Waals surface area contributed by atoms with Crippen LogP contribution >= 0.6 is 0 Å². The SMILES string of the molecule is CC(N)=CC=Nc1ccc(Nc2nc(N[C@@H]3CCCC[C@@H]3N)ncc2C(N)=O)cc1. The molecule has 1 aromatic carbocycles. The molecule has 8 N–H and O–H groups in total. The van der Waals surface area contributed by atoms with Crippen molar-refractivity contribution in [1.82, 2.24) is 9.97 Å². The first kappa shape index (κ1) is 21.3. The zero-order valence-electron chi connectivity index (χ0n) is 17.0. The molecular weight excluding hydrogens is 380 g/mol. The highest BCUT2D eigenvalue weighted by atomic mass is 16.1. The minimum Gasteiger partial charge on any atom is -0.402 e. The van der Waals surface area contributed by atoms with E-state index in [2.05, 4.69) is 25.6 Å². The van der Waals surface area contributed by atoms with E-state index < -0.39 is 5.91 Å². The van der Waals surface area contributed by atoms with Crippen molar-refractivity contribution >= 4 is 35.3 Å². The zero-order chi connectivity index (χ0) is 21.5. The summed E-state index contributed by atoms with van der Waals surface area (Å²) in [5.41, 5.74) is 19.7. The molecule has 0 bridgehead atoms. The van der Waals surface area contributed by atoms with Gasteiger partial charge in [-0.25, -0.2) is 4.98 Å². The number of aliphatic imine (C=N–C) groups is 1. The van der Waals surface area contributed by atoms with E-state index in [4.69, 9.17) is 17.2 Å². The number of nitrogens with two attached hydrogens (primary N) is 3. The normalized spacial score (nSPS) is 19.6. The van der Waals surface area contributed by atoms with Gasteiger partial charge in [-0.2, -0.15) is 4.98 Å². The van der Waals surface area contributed by atoms with E-state index in [-0.39, 0.29) is 17.6 Å². The van der Waals surface area contributed by atoms with Crippen molar-refractivity contribution < 1.29 is 4.79 Å². The number of amides is 1. The Morgan fingerprint density at radius 3 is 2.60 bits per heavy atom. The average molecular weight is 409 g/mol. The molecule has 0 unspecified atom stereocenters. The molecular formula is C21H28N8O. The molecule has 1 saturated carbocycles. The molecule has 2 atom stereocenters. The summed E-state index contributed by atoms with van der Waals surface area (Å²) in [7, 11) is 0. The number of carbonyl (C=O) groups excluding carboxylic acids is 1. The van der Waals surface area contributed by atoms with E-state index in [1.807, 2.05) is 24.3 Å². The molecule has 0 aliphatic heterocycles. The van der Waals surface area contributed by atoms with Crippen LogP contribution in [0.2, 0.25) is 0 Å². The van der Waals surface area contributed by atoms with Crippen LogP contribution in [-0.2, 0) is 0 Å². The van der Waals surface area contributed by atoms with Gasteiger partial charge in [-0.3, -0.25) is 9.79 Å². The van der Waals surface area contributed by atoms with Crippen molar-refractivity contribution in [1.29, 1.82) is 0 Å². The molecule has 1 heterocycles. The van der Waals surface area contributed by atoms with Gasteiger partial charge >= 0.3 is 0 Å². The third-order valence-electron chi connectivity index (χ3n) is 4.88. The van der Waals surface area contributed by atoms with Crippen molar-refractivity contribution in [3.05, 3.63) is 47.8 Å². The zero-order valence-corrected chi connectivity index (χ0v) is 17.0. The average Bonchev–Trinajstić information content (AvgIpc) is 2.71. The summed E-state index contributed by atoms with van der Waals surface area (Å²) in [4.78, 5) is 24.8. The Morgan fingerprint density at radius 1 is 1.20 bits per heavy atom. The Morgan fingerprint density at radius 2 is 1.93 bits per heavy atom. The van der Waals surface area contributed by atoms with E-state index in [1.165, 1.54) is 6.20 Å². The summed E-state index contributed by atoms with van der Waals surface area (Å²) in [6.07, 6.45) is 8.97. The molecule has 1 aliphatic rings. The Labute approximate surface area is 175 Å². The predicted octanol–water partition coefficient (Wildman–Crippen LogP) is 2.57. The second-order valence-electron chi connectivity index (χ2n) is 7.38. The second-order valence-corrected chi connectivity index (χ2v) is 7.38. The summed E-state index contributed by atoms with van der Waals surface area (Å²) in [5, 5.41) is 6.43. The van der Waals surface area contributed by atoms with E-state index in [0.717, 1.165) is 37.1 Å². The maximum absolute atomic E-state index is 11.8. The van der Waals surface area contributed by atoms with Crippen LogP contribution in [0, 0.1) is 0 Å². The number of allylic oxidation sites excluding steroid dienone is 2. The van der Waals surface area contributed by atoms with Crippen molar-refractivity contribution in [2.75, 3.05) is 10.6 Å². The molecule has 0 saturated heterocycles. The quantitative estimate of drug-likeness (QED) is 0.440. The first-order valence-corrected chi connectivity index (χ1v) is 9.95. The third-order valence-corrected chi connectivity index (χ3v) is 4.88. The van der Waals surface area contributed by atoms with Crippen LogP contribution < -0.4 is 27.8 Å². The largest absolute Gasteiger partial charge is 0.402 e. The van der Waals surface area contributed by atoms with Gasteiger partial charge in [-0.15, -0.1) is 0 Å². The summed E-state index contributed by atoms with van der Waals surface area (Å²) in [5.74, 6) is 0.140. The van der Waals surface area contributed by atoms with Crippen molar-refractivity contribution in [3.8, 4) is 0 Å². The smallest absolute Gasteiger partial charge is 0.254 e. The number of hydrogen-bond donors (Lipinski definition) is 5. The van der Waals surface area contributed by atoms with E-state index in [1.54, 1.807) is 19.2 Å². The third kappa shape index (κ3) is 5.77. The number of nitrogens with one attached hydrogen (secondary N) is 2. The molecule has 3 rings (SSSR count). The number of anilines is 3. The van der Waals surface area contributed by atoms with E-state index in [9.17, 15) is 4.79 Å². The van der Waals surface area contributed by atoms with Gasteiger partial charge in [0.05, 0.1) is 5.69 Å². The lowest BCUT2D eigenvalue weighted by Gasteiger charge is -2.29. The first-order chi connectivity index (χ1) is 14.4. The molecule has 1 amide bonds. The van der Waals surface area contributed by atoms with Gasteiger partial charge in [0.2, 0.25) is 5.95 Å². The van der Waals surface area contributed by atoms with Crippen LogP contribution in [0.3, 0.4) is 0 Å². The van der Waals surface area contributed by atoms with Gasteiger partial charge in [0.15, 0.2) is 0 Å². The van der Waals surface area contributed by atoms with E-state index in [0.29, 0.717) is 17.5 Å². The monoisotopic (exact) mass is 408 g/mol. The highest BCUT2D eigenvalue weighted by Crippen LogP contribution is 2.24. The fourth-order valence-electron chi connectivity index (χ4n) is 3.24. The molecule has 9 heteroatoms. The lowest BCUT2D eigenvalue weighted by molar-refractivity contribution is 0.100. The second kappa shape index (κ2) is 9.84. The highest BCUT2D eigenvalue weighted by Gasteiger charge is 2.23. The van der Waals surface area contributed by atoms with E-state index >= 15 is 0 Å². The van der Waals surface area contributed by atoms with Crippen molar-refractivity contribution in [3.63, 3.8) is 0 Å². The molecule has 158 valence electrons. The Kier molecular flexibility index (Phi) is 6.97. The topological polar surface area (TPSA) is 157 Å². The maximum atomic E-state index is 11.8. The Hall–Kier alpha value is -3.46. The van der Waals surface area contributed by atoms with Gasteiger partial charge in [0, 0.05) is 35.9 Å². The molecule has 1 aromatic heterocycles. The summed E-state index contributed by atoms with van der Waals surface area (Å²) >= 11 is 0. The number of aromatic nitrogens is 2. The Balaban J connectivity index is 1.77. The first-order valence-electron chi connectivity index (χ1n) is 9.95. The van der Waals surface area contributed by atoms with Gasteiger partial charge in [0.25, 0.3) is 5.91 Å². The standard InChI is InChI=1S/C21H28N8O/c1-13(22)10-11-25-14-6-8-15(9-7-14)27-20-16(19(24)30)12-26-21(29-20)28-18-5-3-2-4-17(18)23/h6-12,17-18H,2-5,22-23H2,1H3,(H2,24,30)(H2,26,27,28,29)/t17-,18+/m0/s1. The number of nitrogens with zero attached hydrogens (tertiary/aromatic N) is 3.